The van der Waals surface area contributed by atoms with Gasteiger partial charge in [-0.25, -0.2) is 0 Å². The predicted octanol–water partition coefficient (Wildman–Crippen LogP) is 2.67. The fourth-order valence-electron chi connectivity index (χ4n) is 2.45. The van der Waals surface area contributed by atoms with Gasteiger partial charge in [-0.3, -0.25) is 0 Å². The van der Waals surface area contributed by atoms with Crippen molar-refractivity contribution in [2.45, 2.75) is 26.2 Å². The van der Waals surface area contributed by atoms with Crippen molar-refractivity contribution in [3.63, 3.8) is 0 Å². The molecule has 0 bridgehead atoms. The highest BCUT2D eigenvalue weighted by Crippen LogP contribution is 2.26. The van der Waals surface area contributed by atoms with Crippen LogP contribution in [0, 0.1) is 5.92 Å². The SMILES string of the molecule is CCc1ccc(OC)c(NCC2CCNCC2)c1. The van der Waals surface area contributed by atoms with Crippen LogP contribution in [0.5, 0.6) is 5.75 Å². The fourth-order valence-corrected chi connectivity index (χ4v) is 2.45. The van der Waals surface area contributed by atoms with Crippen LogP contribution in [0.25, 0.3) is 0 Å². The van der Waals surface area contributed by atoms with E-state index in [4.69, 9.17) is 4.74 Å². The highest BCUT2D eigenvalue weighted by molar-refractivity contribution is 5.58. The summed E-state index contributed by atoms with van der Waals surface area (Å²) in [5, 5.41) is 6.96. The molecule has 0 radical (unpaired) electrons. The van der Waals surface area contributed by atoms with Gasteiger partial charge in [-0.2, -0.15) is 0 Å². The van der Waals surface area contributed by atoms with E-state index in [-0.39, 0.29) is 0 Å². The van der Waals surface area contributed by atoms with E-state index in [2.05, 4.69) is 35.8 Å². The smallest absolute Gasteiger partial charge is 0.141 e. The van der Waals surface area contributed by atoms with Gasteiger partial charge in [0.05, 0.1) is 12.8 Å². The van der Waals surface area contributed by atoms with Crippen LogP contribution in [0.15, 0.2) is 18.2 Å². The minimum Gasteiger partial charge on any atom is -0.495 e. The Bertz CT molecular complexity index is 373. The molecular weight excluding hydrogens is 224 g/mol. The number of hydrogen-bond acceptors (Lipinski definition) is 3. The van der Waals surface area contributed by atoms with E-state index in [0.29, 0.717) is 0 Å². The molecule has 1 heterocycles. The third-order valence-corrected chi connectivity index (χ3v) is 3.71. The Kier molecular flexibility index (Phi) is 4.88. The van der Waals surface area contributed by atoms with Crippen molar-refractivity contribution in [1.82, 2.24) is 5.32 Å². The number of hydrogen-bond donors (Lipinski definition) is 2. The second kappa shape index (κ2) is 6.64. The number of rotatable bonds is 5. The Labute approximate surface area is 110 Å². The van der Waals surface area contributed by atoms with E-state index in [1.807, 2.05) is 0 Å². The van der Waals surface area contributed by atoms with Crippen molar-refractivity contribution in [2.75, 3.05) is 32.1 Å². The third-order valence-electron chi connectivity index (χ3n) is 3.71. The lowest BCUT2D eigenvalue weighted by Crippen LogP contribution is -2.31. The van der Waals surface area contributed by atoms with Crippen LogP contribution in [-0.4, -0.2) is 26.7 Å². The molecule has 1 saturated heterocycles. The number of piperidine rings is 1. The van der Waals surface area contributed by atoms with Gasteiger partial charge in [0.15, 0.2) is 0 Å². The first-order valence-corrected chi connectivity index (χ1v) is 6.95. The Morgan fingerprint density at radius 3 is 2.78 bits per heavy atom. The van der Waals surface area contributed by atoms with Crippen LogP contribution in [0.3, 0.4) is 0 Å². The summed E-state index contributed by atoms with van der Waals surface area (Å²) in [6.07, 6.45) is 3.59. The molecule has 0 aliphatic carbocycles. The van der Waals surface area contributed by atoms with Crippen molar-refractivity contribution in [1.29, 1.82) is 0 Å². The zero-order valence-electron chi connectivity index (χ0n) is 11.5. The molecule has 3 nitrogen and oxygen atoms in total. The van der Waals surface area contributed by atoms with E-state index < -0.39 is 0 Å². The first-order chi connectivity index (χ1) is 8.83. The van der Waals surface area contributed by atoms with Gasteiger partial charge >= 0.3 is 0 Å². The molecule has 0 aromatic heterocycles. The second-order valence-corrected chi connectivity index (χ2v) is 4.96. The van der Waals surface area contributed by atoms with Crippen LogP contribution in [-0.2, 0) is 6.42 Å². The van der Waals surface area contributed by atoms with Crippen molar-refractivity contribution in [3.05, 3.63) is 23.8 Å². The van der Waals surface area contributed by atoms with Crippen LogP contribution >= 0.6 is 0 Å². The van der Waals surface area contributed by atoms with Gasteiger partial charge in [0.25, 0.3) is 0 Å². The lowest BCUT2D eigenvalue weighted by molar-refractivity contribution is 0.387. The quantitative estimate of drug-likeness (QED) is 0.840. The highest BCUT2D eigenvalue weighted by Gasteiger charge is 2.13. The molecule has 1 aromatic rings. The van der Waals surface area contributed by atoms with Gasteiger partial charge in [-0.1, -0.05) is 13.0 Å². The first-order valence-electron chi connectivity index (χ1n) is 6.95. The fraction of sp³-hybridized carbons (Fsp3) is 0.600. The maximum absolute atomic E-state index is 5.41. The predicted molar refractivity (Wildman–Crippen MR) is 76.5 cm³/mol. The molecule has 1 aliphatic heterocycles. The molecule has 0 atom stereocenters. The summed E-state index contributed by atoms with van der Waals surface area (Å²) in [6.45, 7) is 5.53. The van der Waals surface area contributed by atoms with Crippen LogP contribution in [0.4, 0.5) is 5.69 Å². The van der Waals surface area contributed by atoms with Crippen LogP contribution < -0.4 is 15.4 Å². The molecule has 0 saturated carbocycles. The number of benzene rings is 1. The Hall–Kier alpha value is -1.22. The highest BCUT2D eigenvalue weighted by atomic mass is 16.5. The second-order valence-electron chi connectivity index (χ2n) is 4.96. The van der Waals surface area contributed by atoms with E-state index in [9.17, 15) is 0 Å². The summed E-state index contributed by atoms with van der Waals surface area (Å²) in [7, 11) is 1.73. The van der Waals surface area contributed by atoms with Gasteiger partial charge in [0.2, 0.25) is 0 Å². The van der Waals surface area contributed by atoms with Gasteiger partial charge in [-0.05, 0) is 56.0 Å². The van der Waals surface area contributed by atoms with Gasteiger partial charge < -0.3 is 15.4 Å². The van der Waals surface area contributed by atoms with Crippen LogP contribution in [0.2, 0.25) is 0 Å². The normalized spacial score (nSPS) is 16.6. The summed E-state index contributed by atoms with van der Waals surface area (Å²) < 4.78 is 5.41. The first kappa shape index (κ1) is 13.2. The molecule has 2 N–H and O–H groups in total. The third kappa shape index (κ3) is 3.39. The standard InChI is InChI=1S/C15H24N2O/c1-3-12-4-5-15(18-2)14(10-12)17-11-13-6-8-16-9-7-13/h4-5,10,13,16-17H,3,6-9,11H2,1-2H3. The Morgan fingerprint density at radius 2 is 2.11 bits per heavy atom. The van der Waals surface area contributed by atoms with E-state index in [0.717, 1.165) is 43.4 Å². The van der Waals surface area contributed by atoms with Crippen molar-refractivity contribution in [3.8, 4) is 5.75 Å². The maximum atomic E-state index is 5.41. The average Bonchev–Trinajstić information content (AvgIpc) is 2.45. The lowest BCUT2D eigenvalue weighted by atomic mass is 9.98. The monoisotopic (exact) mass is 248 g/mol. The molecule has 1 aliphatic rings. The molecule has 3 heteroatoms. The molecule has 1 aromatic carbocycles. The largest absolute Gasteiger partial charge is 0.495 e. The summed E-state index contributed by atoms with van der Waals surface area (Å²) >= 11 is 0. The molecule has 2 rings (SSSR count). The van der Waals surface area contributed by atoms with Gasteiger partial charge in [-0.15, -0.1) is 0 Å². The summed E-state index contributed by atoms with van der Waals surface area (Å²) in [5.41, 5.74) is 2.49. The molecule has 1 fully saturated rings. The minimum atomic E-state index is 0.779. The van der Waals surface area contributed by atoms with E-state index >= 15 is 0 Å². The van der Waals surface area contributed by atoms with Gasteiger partial charge in [0, 0.05) is 6.54 Å². The van der Waals surface area contributed by atoms with Gasteiger partial charge in [0.1, 0.15) is 5.75 Å². The molecular formula is C15H24N2O. The molecule has 100 valence electrons. The number of aryl methyl sites for hydroxylation is 1. The molecule has 0 amide bonds. The number of anilines is 1. The topological polar surface area (TPSA) is 33.3 Å². The van der Waals surface area contributed by atoms with E-state index in [1.54, 1.807) is 7.11 Å². The summed E-state index contributed by atoms with van der Waals surface area (Å²) in [4.78, 5) is 0. The van der Waals surface area contributed by atoms with Crippen molar-refractivity contribution in [2.24, 2.45) is 5.92 Å². The zero-order chi connectivity index (χ0) is 12.8. The Balaban J connectivity index is 1.97. The minimum absolute atomic E-state index is 0.779. The van der Waals surface area contributed by atoms with Crippen molar-refractivity contribution >= 4 is 5.69 Å². The van der Waals surface area contributed by atoms with Crippen molar-refractivity contribution < 1.29 is 4.74 Å². The summed E-state index contributed by atoms with van der Waals surface area (Å²) in [5.74, 6) is 1.72. The Morgan fingerprint density at radius 1 is 1.33 bits per heavy atom. The molecule has 0 unspecified atom stereocenters. The van der Waals surface area contributed by atoms with E-state index in [1.165, 1.54) is 18.4 Å². The lowest BCUT2D eigenvalue weighted by Gasteiger charge is -2.23. The maximum Gasteiger partial charge on any atom is 0.141 e. The number of methoxy groups -OCH3 is 1. The molecule has 0 spiro atoms. The number of ether oxygens (including phenoxy) is 1. The zero-order valence-corrected chi connectivity index (χ0v) is 11.5. The number of nitrogens with one attached hydrogen (secondary N) is 2. The molecule has 18 heavy (non-hydrogen) atoms. The average molecular weight is 248 g/mol. The van der Waals surface area contributed by atoms with Crippen LogP contribution in [0.1, 0.15) is 25.3 Å². The summed E-state index contributed by atoms with van der Waals surface area (Å²) in [6, 6.07) is 6.40.